The second-order valence-electron chi connectivity index (χ2n) is 10.1. The van der Waals surface area contributed by atoms with Gasteiger partial charge in [-0.1, -0.05) is 76.8 Å². The Kier molecular flexibility index (Phi) is 9.92. The van der Waals surface area contributed by atoms with Gasteiger partial charge in [-0.3, -0.25) is 13.9 Å². The number of anilines is 1. The van der Waals surface area contributed by atoms with E-state index in [0.717, 1.165) is 45.6 Å². The van der Waals surface area contributed by atoms with E-state index in [2.05, 4.69) is 21.2 Å². The van der Waals surface area contributed by atoms with Crippen molar-refractivity contribution in [3.05, 3.63) is 93.4 Å². The number of nitrogens with one attached hydrogen (secondary N) is 1. The predicted molar refractivity (Wildman–Crippen MR) is 162 cm³/mol. The third-order valence-electron chi connectivity index (χ3n) is 7.16. The van der Waals surface area contributed by atoms with Gasteiger partial charge < -0.3 is 10.2 Å². The fraction of sp³-hybridized carbons (Fsp3) is 0.333. The molecule has 1 fully saturated rings. The molecule has 1 N–H and O–H groups in total. The average Bonchev–Trinajstić information content (AvgIpc) is 3.45. The molecule has 0 heterocycles. The van der Waals surface area contributed by atoms with Crippen LogP contribution in [0.15, 0.2) is 82.2 Å². The second-order valence-corrected chi connectivity index (χ2v) is 13.3. The summed E-state index contributed by atoms with van der Waals surface area (Å²) in [4.78, 5) is 28.8. The van der Waals surface area contributed by atoms with E-state index in [9.17, 15) is 18.0 Å². The van der Waals surface area contributed by atoms with Gasteiger partial charge in [0.05, 0.1) is 10.6 Å². The molecule has 0 spiro atoms. The van der Waals surface area contributed by atoms with Gasteiger partial charge in [0, 0.05) is 22.1 Å². The van der Waals surface area contributed by atoms with Crippen molar-refractivity contribution >= 4 is 55.1 Å². The number of carbonyl (C=O) groups is 2. The monoisotopic (exact) mass is 645 g/mol. The minimum absolute atomic E-state index is 0.0464. The van der Waals surface area contributed by atoms with Gasteiger partial charge in [0.1, 0.15) is 12.6 Å². The lowest BCUT2D eigenvalue weighted by atomic mass is 10.1. The molecular formula is C30H33BrClN3O4S. The van der Waals surface area contributed by atoms with Crippen molar-refractivity contribution in [2.75, 3.05) is 10.8 Å². The summed E-state index contributed by atoms with van der Waals surface area (Å²) < 4.78 is 29.6. The SMILES string of the molecule is Cc1ccc(N(CC(=O)N(Cc2cccc(Br)c2)[C@H](C)C(=O)NC2CCCC2)S(=O)(=O)c2ccccc2)cc1Cl. The highest BCUT2D eigenvalue weighted by Crippen LogP contribution is 2.29. The Bertz CT molecular complexity index is 1460. The Morgan fingerprint density at radius 2 is 1.73 bits per heavy atom. The zero-order chi connectivity index (χ0) is 28.9. The number of carbonyl (C=O) groups excluding carboxylic acids is 2. The lowest BCUT2D eigenvalue weighted by Gasteiger charge is -2.32. The predicted octanol–water partition coefficient (Wildman–Crippen LogP) is 6.08. The van der Waals surface area contributed by atoms with Crippen LogP contribution in [0.2, 0.25) is 5.02 Å². The molecule has 0 aliphatic heterocycles. The molecule has 2 amide bonds. The summed E-state index contributed by atoms with van der Waals surface area (Å²) in [6.45, 7) is 3.12. The topological polar surface area (TPSA) is 86.8 Å². The highest BCUT2D eigenvalue weighted by molar-refractivity contribution is 9.10. The fourth-order valence-electron chi connectivity index (χ4n) is 4.79. The first kappa shape index (κ1) is 30.1. The molecule has 3 aromatic rings. The van der Waals surface area contributed by atoms with Crippen molar-refractivity contribution in [3.8, 4) is 0 Å². The van der Waals surface area contributed by atoms with E-state index in [0.29, 0.717) is 5.02 Å². The van der Waals surface area contributed by atoms with Crippen LogP contribution < -0.4 is 9.62 Å². The molecule has 4 rings (SSSR count). The van der Waals surface area contributed by atoms with E-state index >= 15 is 0 Å². The zero-order valence-corrected chi connectivity index (χ0v) is 25.7. The van der Waals surface area contributed by atoms with Crippen LogP contribution in [-0.4, -0.2) is 43.8 Å². The van der Waals surface area contributed by atoms with E-state index in [4.69, 9.17) is 11.6 Å². The van der Waals surface area contributed by atoms with Gasteiger partial charge >= 0.3 is 0 Å². The Balaban J connectivity index is 1.69. The fourth-order valence-corrected chi connectivity index (χ4v) is 6.84. The second kappa shape index (κ2) is 13.2. The van der Waals surface area contributed by atoms with Crippen molar-refractivity contribution in [1.82, 2.24) is 10.2 Å². The molecule has 212 valence electrons. The summed E-state index contributed by atoms with van der Waals surface area (Å²) in [6.07, 6.45) is 3.95. The van der Waals surface area contributed by atoms with Gasteiger partial charge in [-0.25, -0.2) is 8.42 Å². The first-order chi connectivity index (χ1) is 19.1. The molecule has 0 unspecified atom stereocenters. The molecule has 3 aromatic carbocycles. The molecule has 1 aliphatic carbocycles. The van der Waals surface area contributed by atoms with E-state index in [1.54, 1.807) is 43.3 Å². The highest BCUT2D eigenvalue weighted by atomic mass is 79.9. The number of amides is 2. The number of aryl methyl sites for hydroxylation is 1. The van der Waals surface area contributed by atoms with Crippen LogP contribution in [0.25, 0.3) is 0 Å². The maximum Gasteiger partial charge on any atom is 0.264 e. The number of nitrogens with zero attached hydrogens (tertiary/aromatic N) is 2. The average molecular weight is 647 g/mol. The third kappa shape index (κ3) is 7.25. The Hall–Kier alpha value is -2.88. The molecular weight excluding hydrogens is 614 g/mol. The van der Waals surface area contributed by atoms with Crippen LogP contribution in [0.4, 0.5) is 5.69 Å². The molecule has 0 bridgehead atoms. The molecule has 40 heavy (non-hydrogen) atoms. The molecule has 0 aromatic heterocycles. The maximum absolute atomic E-state index is 14.0. The van der Waals surface area contributed by atoms with Crippen LogP contribution >= 0.6 is 27.5 Å². The summed E-state index contributed by atoms with van der Waals surface area (Å²) in [5, 5.41) is 3.46. The van der Waals surface area contributed by atoms with Crippen LogP contribution in [0, 0.1) is 6.92 Å². The van der Waals surface area contributed by atoms with Crippen molar-refractivity contribution in [2.24, 2.45) is 0 Å². The van der Waals surface area contributed by atoms with E-state index in [-0.39, 0.29) is 29.1 Å². The minimum atomic E-state index is -4.14. The first-order valence-electron chi connectivity index (χ1n) is 13.2. The number of halogens is 2. The minimum Gasteiger partial charge on any atom is -0.352 e. The Labute approximate surface area is 249 Å². The third-order valence-corrected chi connectivity index (χ3v) is 9.85. The van der Waals surface area contributed by atoms with Gasteiger partial charge in [0.15, 0.2) is 0 Å². The normalized spacial score (nSPS) is 14.5. The van der Waals surface area contributed by atoms with Crippen LogP contribution in [0.3, 0.4) is 0 Å². The van der Waals surface area contributed by atoms with Gasteiger partial charge in [-0.2, -0.15) is 0 Å². The van der Waals surface area contributed by atoms with Gasteiger partial charge in [-0.05, 0) is 74.2 Å². The summed E-state index contributed by atoms with van der Waals surface area (Å²) >= 11 is 9.84. The van der Waals surface area contributed by atoms with Crippen molar-refractivity contribution in [1.29, 1.82) is 0 Å². The van der Waals surface area contributed by atoms with Crippen LogP contribution in [0.5, 0.6) is 0 Å². The van der Waals surface area contributed by atoms with Gasteiger partial charge in [0.25, 0.3) is 10.0 Å². The standard InChI is InChI=1S/C30H33BrClN3O4S/c1-21-15-16-26(18-28(21)32)35(40(38,39)27-13-4-3-5-14-27)20-29(36)34(19-23-9-8-10-24(31)17-23)22(2)30(37)33-25-11-6-7-12-25/h3-5,8-10,13-18,22,25H,6-7,11-12,19-20H2,1-2H3,(H,33,37)/t22-/m1/s1. The van der Waals surface area contributed by atoms with Gasteiger partial charge in [-0.15, -0.1) is 0 Å². The van der Waals surface area contributed by atoms with E-state index in [1.165, 1.54) is 17.0 Å². The largest absolute Gasteiger partial charge is 0.352 e. The summed E-state index contributed by atoms with van der Waals surface area (Å²) in [5.74, 6) is -0.767. The molecule has 1 saturated carbocycles. The molecule has 1 atom stereocenters. The van der Waals surface area contributed by atoms with Crippen molar-refractivity contribution in [3.63, 3.8) is 0 Å². The van der Waals surface area contributed by atoms with Crippen molar-refractivity contribution < 1.29 is 18.0 Å². The zero-order valence-electron chi connectivity index (χ0n) is 22.5. The number of hydrogen-bond acceptors (Lipinski definition) is 4. The summed E-state index contributed by atoms with van der Waals surface area (Å²) in [6, 6.07) is 19.6. The first-order valence-corrected chi connectivity index (χ1v) is 15.9. The van der Waals surface area contributed by atoms with Crippen molar-refractivity contribution in [2.45, 2.75) is 63.1 Å². The Morgan fingerprint density at radius 1 is 1.02 bits per heavy atom. The van der Waals surface area contributed by atoms with E-state index < -0.39 is 28.5 Å². The Morgan fingerprint density at radius 3 is 2.38 bits per heavy atom. The lowest BCUT2D eigenvalue weighted by Crippen LogP contribution is -2.52. The molecule has 10 heteroatoms. The summed E-state index contributed by atoms with van der Waals surface area (Å²) in [7, 11) is -4.14. The number of rotatable bonds is 10. The molecule has 1 aliphatic rings. The quantitative estimate of drug-likeness (QED) is 0.289. The molecule has 7 nitrogen and oxygen atoms in total. The lowest BCUT2D eigenvalue weighted by molar-refractivity contribution is -0.139. The van der Waals surface area contributed by atoms with Crippen LogP contribution in [0.1, 0.15) is 43.7 Å². The number of benzene rings is 3. The van der Waals surface area contributed by atoms with Gasteiger partial charge in [0.2, 0.25) is 11.8 Å². The highest BCUT2D eigenvalue weighted by Gasteiger charge is 2.33. The smallest absolute Gasteiger partial charge is 0.264 e. The summed E-state index contributed by atoms with van der Waals surface area (Å²) in [5.41, 5.74) is 1.85. The maximum atomic E-state index is 14.0. The van der Waals surface area contributed by atoms with Crippen LogP contribution in [-0.2, 0) is 26.2 Å². The van der Waals surface area contributed by atoms with E-state index in [1.807, 2.05) is 31.2 Å². The number of sulfonamides is 1. The number of hydrogen-bond donors (Lipinski definition) is 1. The molecule has 0 radical (unpaired) electrons. The molecule has 0 saturated heterocycles.